The van der Waals surface area contributed by atoms with Crippen molar-refractivity contribution in [3.63, 3.8) is 0 Å². The van der Waals surface area contributed by atoms with Gasteiger partial charge in [-0.3, -0.25) is 9.59 Å². The number of rotatable bonds is 6. The number of halogens is 1. The quantitative estimate of drug-likeness (QED) is 0.677. The van der Waals surface area contributed by atoms with E-state index >= 15 is 0 Å². The van der Waals surface area contributed by atoms with Crippen molar-refractivity contribution in [3.05, 3.63) is 40.7 Å². The fourth-order valence-electron chi connectivity index (χ4n) is 4.44. The van der Waals surface area contributed by atoms with Gasteiger partial charge in [-0.25, -0.2) is 4.63 Å². The maximum Gasteiger partial charge on any atom is 0.263 e. The Hall–Kier alpha value is -2.61. The number of nitrogens with zero attached hydrogens (tertiary/aromatic N) is 4. The third-order valence-electron chi connectivity index (χ3n) is 6.52. The molecule has 1 aromatic heterocycles. The normalized spacial score (nSPS) is 20.4. The Morgan fingerprint density at radius 3 is 2.74 bits per heavy atom. The number of benzene rings is 1. The van der Waals surface area contributed by atoms with Crippen LogP contribution in [0.15, 0.2) is 28.9 Å². The summed E-state index contributed by atoms with van der Waals surface area (Å²) in [7, 11) is 1.79. The lowest BCUT2D eigenvalue weighted by Crippen LogP contribution is -2.46. The van der Waals surface area contributed by atoms with Gasteiger partial charge in [-0.15, -0.1) is 0 Å². The lowest BCUT2D eigenvalue weighted by Gasteiger charge is -2.34. The summed E-state index contributed by atoms with van der Waals surface area (Å²) in [5.41, 5.74) is 1.39. The third kappa shape index (κ3) is 4.54. The van der Waals surface area contributed by atoms with Crippen molar-refractivity contribution in [3.8, 4) is 5.75 Å². The Balaban J connectivity index is 1.28. The van der Waals surface area contributed by atoms with Crippen LogP contribution in [0.5, 0.6) is 5.75 Å². The molecule has 0 bridgehead atoms. The van der Waals surface area contributed by atoms with Crippen LogP contribution < -0.4 is 4.74 Å². The molecule has 1 aliphatic carbocycles. The van der Waals surface area contributed by atoms with Gasteiger partial charge in [0.2, 0.25) is 5.91 Å². The minimum Gasteiger partial charge on any atom is -0.481 e. The van der Waals surface area contributed by atoms with Crippen molar-refractivity contribution in [1.82, 2.24) is 20.1 Å². The summed E-state index contributed by atoms with van der Waals surface area (Å²) in [6.45, 7) is 5.24. The zero-order chi connectivity index (χ0) is 22.2. The van der Waals surface area contributed by atoms with Crippen molar-refractivity contribution in [1.29, 1.82) is 0 Å². The van der Waals surface area contributed by atoms with Crippen LogP contribution in [0.1, 0.15) is 37.6 Å². The van der Waals surface area contributed by atoms with Crippen molar-refractivity contribution in [2.75, 3.05) is 20.1 Å². The van der Waals surface area contributed by atoms with E-state index in [4.69, 9.17) is 21.0 Å². The van der Waals surface area contributed by atoms with Gasteiger partial charge in [-0.2, -0.15) is 0 Å². The minimum absolute atomic E-state index is 0.00931. The standard InChI is InChI=1S/C22H27ClN4O4/c1-14-19(25-31-24-14)13-26(3)21(29)18-12-22(18)7-9-27(10-8-22)20(28)15(2)30-17-6-4-5-16(23)11-17/h4-6,11,15,18H,7-10,12-13H2,1-3H3. The number of piperidine rings is 1. The predicted molar refractivity (Wildman–Crippen MR) is 113 cm³/mol. The van der Waals surface area contributed by atoms with E-state index in [0.29, 0.717) is 41.8 Å². The second-order valence-corrected chi connectivity index (χ2v) is 9.09. The molecule has 0 N–H and O–H groups in total. The maximum atomic E-state index is 12.9. The van der Waals surface area contributed by atoms with Crippen molar-refractivity contribution in [2.24, 2.45) is 11.3 Å². The lowest BCUT2D eigenvalue weighted by atomic mass is 9.90. The van der Waals surface area contributed by atoms with Crippen LogP contribution in [0.4, 0.5) is 0 Å². The molecular weight excluding hydrogens is 420 g/mol. The van der Waals surface area contributed by atoms with E-state index in [2.05, 4.69) is 10.3 Å². The number of carbonyl (C=O) groups is 2. The van der Waals surface area contributed by atoms with Gasteiger partial charge in [0, 0.05) is 31.1 Å². The number of hydrogen-bond donors (Lipinski definition) is 0. The zero-order valence-electron chi connectivity index (χ0n) is 18.0. The fourth-order valence-corrected chi connectivity index (χ4v) is 4.62. The van der Waals surface area contributed by atoms with Gasteiger partial charge in [-0.1, -0.05) is 28.0 Å². The van der Waals surface area contributed by atoms with Gasteiger partial charge in [-0.05, 0) is 56.7 Å². The number of hydrogen-bond acceptors (Lipinski definition) is 6. The molecule has 2 heterocycles. The first-order valence-corrected chi connectivity index (χ1v) is 10.9. The molecule has 31 heavy (non-hydrogen) atoms. The predicted octanol–water partition coefficient (Wildman–Crippen LogP) is 3.09. The molecule has 9 heteroatoms. The first-order chi connectivity index (χ1) is 14.8. The second kappa shape index (κ2) is 8.49. The lowest BCUT2D eigenvalue weighted by molar-refractivity contribution is -0.139. The van der Waals surface area contributed by atoms with Crippen molar-refractivity contribution >= 4 is 23.4 Å². The van der Waals surface area contributed by atoms with Crippen LogP contribution in [-0.2, 0) is 16.1 Å². The van der Waals surface area contributed by atoms with E-state index in [1.54, 1.807) is 43.1 Å². The van der Waals surface area contributed by atoms with E-state index in [0.717, 1.165) is 19.3 Å². The van der Waals surface area contributed by atoms with Gasteiger partial charge in [0.25, 0.3) is 5.91 Å². The number of ether oxygens (including phenoxy) is 1. The SMILES string of the molecule is Cc1nonc1CN(C)C(=O)C1CC12CCN(C(=O)C(C)Oc1cccc(Cl)c1)CC2. The largest absolute Gasteiger partial charge is 0.481 e. The van der Waals surface area contributed by atoms with Gasteiger partial charge >= 0.3 is 0 Å². The summed E-state index contributed by atoms with van der Waals surface area (Å²) in [6, 6.07) is 7.04. The van der Waals surface area contributed by atoms with E-state index in [-0.39, 0.29) is 23.1 Å². The molecule has 1 saturated heterocycles. The summed E-state index contributed by atoms with van der Waals surface area (Å²) in [4.78, 5) is 29.3. The highest BCUT2D eigenvalue weighted by atomic mass is 35.5. The Morgan fingerprint density at radius 2 is 2.10 bits per heavy atom. The molecule has 2 atom stereocenters. The van der Waals surface area contributed by atoms with Crippen LogP contribution >= 0.6 is 11.6 Å². The van der Waals surface area contributed by atoms with Crippen LogP contribution in [0.2, 0.25) is 5.02 Å². The highest BCUT2D eigenvalue weighted by Gasteiger charge is 2.59. The van der Waals surface area contributed by atoms with Crippen LogP contribution in [0.3, 0.4) is 0 Å². The summed E-state index contributed by atoms with van der Waals surface area (Å²) in [5.74, 6) is 0.676. The highest BCUT2D eigenvalue weighted by molar-refractivity contribution is 6.30. The first kappa shape index (κ1) is 21.6. The van der Waals surface area contributed by atoms with E-state index in [9.17, 15) is 9.59 Å². The van der Waals surface area contributed by atoms with E-state index in [1.807, 2.05) is 11.8 Å². The molecule has 1 aliphatic heterocycles. The number of likely N-dealkylation sites (tertiary alicyclic amines) is 1. The number of amides is 2. The number of aryl methyl sites for hydroxylation is 1. The van der Waals surface area contributed by atoms with Gasteiger partial charge in [0.05, 0.1) is 6.54 Å². The molecule has 2 fully saturated rings. The summed E-state index contributed by atoms with van der Waals surface area (Å²) >= 11 is 5.99. The molecular formula is C22H27ClN4O4. The Kier molecular flexibility index (Phi) is 5.92. The van der Waals surface area contributed by atoms with Crippen LogP contribution in [0.25, 0.3) is 0 Å². The molecule has 2 amide bonds. The summed E-state index contributed by atoms with van der Waals surface area (Å²) in [6.07, 6.45) is 1.95. The summed E-state index contributed by atoms with van der Waals surface area (Å²) in [5, 5.41) is 8.19. The second-order valence-electron chi connectivity index (χ2n) is 8.65. The monoisotopic (exact) mass is 446 g/mol. The Labute approximate surface area is 186 Å². The molecule has 166 valence electrons. The van der Waals surface area contributed by atoms with Gasteiger partial charge in [0.15, 0.2) is 6.10 Å². The van der Waals surface area contributed by atoms with Crippen LogP contribution in [0, 0.1) is 18.3 Å². The molecule has 2 aromatic rings. The minimum atomic E-state index is -0.588. The van der Waals surface area contributed by atoms with Gasteiger partial charge < -0.3 is 14.5 Å². The van der Waals surface area contributed by atoms with Crippen molar-refractivity contribution < 1.29 is 19.0 Å². The smallest absolute Gasteiger partial charge is 0.263 e. The van der Waals surface area contributed by atoms with Crippen molar-refractivity contribution in [2.45, 2.75) is 45.8 Å². The topological polar surface area (TPSA) is 88.8 Å². The first-order valence-electron chi connectivity index (χ1n) is 10.5. The number of carbonyl (C=O) groups excluding carboxylic acids is 2. The fraction of sp³-hybridized carbons (Fsp3) is 0.545. The Morgan fingerprint density at radius 1 is 1.35 bits per heavy atom. The molecule has 8 nitrogen and oxygen atoms in total. The molecule has 0 radical (unpaired) electrons. The highest BCUT2D eigenvalue weighted by Crippen LogP contribution is 2.60. The zero-order valence-corrected chi connectivity index (χ0v) is 18.8. The van der Waals surface area contributed by atoms with E-state index < -0.39 is 6.10 Å². The van der Waals surface area contributed by atoms with Crippen LogP contribution in [-0.4, -0.2) is 58.2 Å². The average Bonchev–Trinajstić information content (AvgIpc) is 3.29. The molecule has 2 unspecified atom stereocenters. The maximum absolute atomic E-state index is 12.9. The average molecular weight is 447 g/mol. The van der Waals surface area contributed by atoms with Gasteiger partial charge in [0.1, 0.15) is 17.1 Å². The molecule has 2 aliphatic rings. The van der Waals surface area contributed by atoms with E-state index in [1.165, 1.54) is 0 Å². The Bertz CT molecular complexity index is 970. The molecule has 1 saturated carbocycles. The molecule has 1 aromatic carbocycles. The number of aromatic nitrogens is 2. The molecule has 4 rings (SSSR count). The third-order valence-corrected chi connectivity index (χ3v) is 6.76. The summed E-state index contributed by atoms with van der Waals surface area (Å²) < 4.78 is 10.5. The molecule has 1 spiro atoms.